The smallest absolute Gasteiger partial charge is 0.277 e. The number of imidazole rings is 1. The molecule has 1 N–H and O–H groups in total. The molecule has 10 heteroatoms. The van der Waals surface area contributed by atoms with Gasteiger partial charge in [0.05, 0.1) is 6.26 Å². The van der Waals surface area contributed by atoms with Crippen molar-refractivity contribution < 1.29 is 18.5 Å². The SMILES string of the molecule is O=C(Nc1ccc(Oc2ccc(-n3ccnc3)nn2)cc1)c1cc(-c2ccco2)on1. The maximum Gasteiger partial charge on any atom is 0.277 e. The lowest BCUT2D eigenvalue weighted by Crippen LogP contribution is -2.11. The molecule has 0 radical (unpaired) electrons. The van der Waals surface area contributed by atoms with Gasteiger partial charge in [-0.25, -0.2) is 4.98 Å². The number of benzene rings is 1. The van der Waals surface area contributed by atoms with Crippen LogP contribution < -0.4 is 10.1 Å². The van der Waals surface area contributed by atoms with Crippen molar-refractivity contribution in [1.82, 2.24) is 24.9 Å². The van der Waals surface area contributed by atoms with Gasteiger partial charge in [-0.1, -0.05) is 5.16 Å². The minimum absolute atomic E-state index is 0.139. The van der Waals surface area contributed by atoms with Crippen LogP contribution in [0.1, 0.15) is 10.5 Å². The number of carbonyl (C=O) groups is 1. The molecule has 0 aliphatic heterocycles. The van der Waals surface area contributed by atoms with Gasteiger partial charge in [-0.05, 0) is 42.5 Å². The summed E-state index contributed by atoms with van der Waals surface area (Å²) in [5, 5.41) is 14.7. The van der Waals surface area contributed by atoms with Crippen molar-refractivity contribution in [2.75, 3.05) is 5.32 Å². The first-order valence-electron chi connectivity index (χ1n) is 9.16. The van der Waals surface area contributed by atoms with Crippen molar-refractivity contribution in [3.63, 3.8) is 0 Å². The van der Waals surface area contributed by atoms with E-state index in [1.807, 2.05) is 0 Å². The normalized spacial score (nSPS) is 10.7. The Morgan fingerprint density at radius 1 is 1.03 bits per heavy atom. The zero-order chi connectivity index (χ0) is 21.0. The maximum absolute atomic E-state index is 12.4. The van der Waals surface area contributed by atoms with Crippen molar-refractivity contribution in [1.29, 1.82) is 0 Å². The van der Waals surface area contributed by atoms with Gasteiger partial charge in [0, 0.05) is 30.2 Å². The minimum Gasteiger partial charge on any atom is -0.461 e. The Labute approximate surface area is 175 Å². The summed E-state index contributed by atoms with van der Waals surface area (Å²) < 4.78 is 17.8. The van der Waals surface area contributed by atoms with Gasteiger partial charge < -0.3 is 19.0 Å². The van der Waals surface area contributed by atoms with Crippen LogP contribution in [0.4, 0.5) is 5.69 Å². The molecular weight excluding hydrogens is 400 g/mol. The second-order valence-electron chi connectivity index (χ2n) is 6.33. The second-order valence-corrected chi connectivity index (χ2v) is 6.33. The summed E-state index contributed by atoms with van der Waals surface area (Å²) in [4.78, 5) is 16.4. The van der Waals surface area contributed by atoms with Crippen molar-refractivity contribution in [2.45, 2.75) is 0 Å². The minimum atomic E-state index is -0.406. The number of hydrogen-bond acceptors (Lipinski definition) is 8. The molecule has 1 aromatic carbocycles. The van der Waals surface area contributed by atoms with Crippen LogP contribution in [-0.2, 0) is 0 Å². The molecule has 0 saturated carbocycles. The average molecular weight is 414 g/mol. The summed E-state index contributed by atoms with van der Waals surface area (Å²) in [6.45, 7) is 0. The predicted octanol–water partition coefficient (Wildman–Crippen LogP) is 3.95. The van der Waals surface area contributed by atoms with Gasteiger partial charge in [-0.2, -0.15) is 0 Å². The molecule has 10 nitrogen and oxygen atoms in total. The third-order valence-electron chi connectivity index (χ3n) is 4.24. The first kappa shape index (κ1) is 18.3. The van der Waals surface area contributed by atoms with Crippen LogP contribution in [0.15, 0.2) is 88.5 Å². The van der Waals surface area contributed by atoms with Gasteiger partial charge in [0.15, 0.2) is 17.3 Å². The lowest BCUT2D eigenvalue weighted by Gasteiger charge is -2.07. The molecule has 0 unspecified atom stereocenters. The van der Waals surface area contributed by atoms with E-state index in [0.29, 0.717) is 34.7 Å². The molecule has 0 bridgehead atoms. The fourth-order valence-corrected chi connectivity index (χ4v) is 2.74. The number of amides is 1. The third-order valence-corrected chi connectivity index (χ3v) is 4.24. The topological polar surface area (TPSA) is 121 Å². The zero-order valence-corrected chi connectivity index (χ0v) is 15.9. The highest BCUT2D eigenvalue weighted by atomic mass is 16.5. The van der Waals surface area contributed by atoms with E-state index in [9.17, 15) is 4.79 Å². The fourth-order valence-electron chi connectivity index (χ4n) is 2.74. The Morgan fingerprint density at radius 2 is 1.94 bits per heavy atom. The summed E-state index contributed by atoms with van der Waals surface area (Å²) in [5.41, 5.74) is 0.710. The number of nitrogens with one attached hydrogen (secondary N) is 1. The Morgan fingerprint density at radius 3 is 2.65 bits per heavy atom. The van der Waals surface area contributed by atoms with Crippen LogP contribution in [0.25, 0.3) is 17.3 Å². The molecule has 4 heterocycles. The van der Waals surface area contributed by atoms with Crippen LogP contribution in [0, 0.1) is 0 Å². The number of furan rings is 1. The van der Waals surface area contributed by atoms with E-state index in [1.165, 1.54) is 12.3 Å². The van der Waals surface area contributed by atoms with E-state index in [1.54, 1.807) is 71.8 Å². The second kappa shape index (κ2) is 7.95. The molecule has 0 atom stereocenters. The molecule has 0 aliphatic rings. The monoisotopic (exact) mass is 414 g/mol. The van der Waals surface area contributed by atoms with Gasteiger partial charge >= 0.3 is 0 Å². The molecule has 4 aromatic heterocycles. The number of rotatable bonds is 6. The average Bonchev–Trinajstić information content (AvgIpc) is 3.58. The number of nitrogens with zero attached hydrogens (tertiary/aromatic N) is 5. The van der Waals surface area contributed by atoms with Crippen LogP contribution in [0.5, 0.6) is 11.6 Å². The summed E-state index contributed by atoms with van der Waals surface area (Å²) in [6, 6.07) is 15.3. The van der Waals surface area contributed by atoms with Gasteiger partial charge in [0.1, 0.15) is 12.1 Å². The van der Waals surface area contributed by atoms with E-state index in [-0.39, 0.29) is 5.69 Å². The molecule has 1 amide bonds. The van der Waals surface area contributed by atoms with Crippen LogP contribution >= 0.6 is 0 Å². The Hall–Kier alpha value is -4.73. The summed E-state index contributed by atoms with van der Waals surface area (Å²) in [7, 11) is 0. The van der Waals surface area contributed by atoms with Crippen molar-refractivity contribution >= 4 is 11.6 Å². The third kappa shape index (κ3) is 4.03. The lowest BCUT2D eigenvalue weighted by molar-refractivity contribution is 0.101. The summed E-state index contributed by atoms with van der Waals surface area (Å²) in [5.74, 6) is 1.98. The van der Waals surface area contributed by atoms with E-state index >= 15 is 0 Å². The number of anilines is 1. The maximum atomic E-state index is 12.4. The van der Waals surface area contributed by atoms with Crippen LogP contribution in [-0.4, -0.2) is 30.8 Å². The first-order chi connectivity index (χ1) is 15.2. The Balaban J connectivity index is 1.21. The van der Waals surface area contributed by atoms with Crippen molar-refractivity contribution in [3.8, 4) is 29.0 Å². The number of carbonyl (C=O) groups excluding carboxylic acids is 1. The molecule has 0 saturated heterocycles. The van der Waals surface area contributed by atoms with Crippen molar-refractivity contribution in [2.24, 2.45) is 0 Å². The molecule has 5 aromatic rings. The lowest BCUT2D eigenvalue weighted by atomic mass is 10.2. The van der Waals surface area contributed by atoms with E-state index in [4.69, 9.17) is 13.7 Å². The predicted molar refractivity (Wildman–Crippen MR) is 108 cm³/mol. The largest absolute Gasteiger partial charge is 0.461 e. The number of ether oxygens (including phenoxy) is 1. The molecule has 5 rings (SSSR count). The number of aromatic nitrogens is 5. The van der Waals surface area contributed by atoms with Gasteiger partial charge in [-0.15, -0.1) is 10.2 Å². The quantitative estimate of drug-likeness (QED) is 0.443. The molecule has 31 heavy (non-hydrogen) atoms. The zero-order valence-electron chi connectivity index (χ0n) is 15.9. The molecule has 0 fully saturated rings. The summed E-state index contributed by atoms with van der Waals surface area (Å²) in [6.07, 6.45) is 6.58. The standard InChI is InChI=1S/C21H14N6O4/c28-21(16-12-18(31-26-16)17-2-1-11-29-17)23-14-3-5-15(6-4-14)30-20-8-7-19(24-25-20)27-10-9-22-13-27/h1-13H,(H,23,28). The van der Waals surface area contributed by atoms with Crippen LogP contribution in [0.2, 0.25) is 0 Å². The number of hydrogen-bond donors (Lipinski definition) is 1. The van der Waals surface area contributed by atoms with Gasteiger partial charge in [0.2, 0.25) is 11.6 Å². The molecular formula is C21H14N6O4. The first-order valence-corrected chi connectivity index (χ1v) is 9.16. The van der Waals surface area contributed by atoms with E-state index in [0.717, 1.165) is 0 Å². The van der Waals surface area contributed by atoms with Gasteiger partial charge in [-0.3, -0.25) is 9.36 Å². The molecule has 152 valence electrons. The highest BCUT2D eigenvalue weighted by Crippen LogP contribution is 2.23. The molecule has 0 aliphatic carbocycles. The van der Waals surface area contributed by atoms with Crippen LogP contribution in [0.3, 0.4) is 0 Å². The van der Waals surface area contributed by atoms with Crippen molar-refractivity contribution in [3.05, 3.63) is 85.3 Å². The highest BCUT2D eigenvalue weighted by molar-refractivity contribution is 6.03. The molecule has 0 spiro atoms. The highest BCUT2D eigenvalue weighted by Gasteiger charge is 2.15. The fraction of sp³-hybridized carbons (Fsp3) is 0. The van der Waals surface area contributed by atoms with Gasteiger partial charge in [0.25, 0.3) is 5.91 Å². The Bertz CT molecular complexity index is 1280. The van der Waals surface area contributed by atoms with E-state index in [2.05, 4.69) is 25.7 Å². The van der Waals surface area contributed by atoms with E-state index < -0.39 is 5.91 Å². The summed E-state index contributed by atoms with van der Waals surface area (Å²) >= 11 is 0. The Kier molecular flexibility index (Phi) is 4.70.